The predicted octanol–water partition coefficient (Wildman–Crippen LogP) is 10.6. The van der Waals surface area contributed by atoms with Crippen molar-refractivity contribution in [1.82, 2.24) is 4.90 Å². The van der Waals surface area contributed by atoms with E-state index in [0.717, 1.165) is 77.0 Å². The van der Waals surface area contributed by atoms with Crippen LogP contribution in [0.5, 0.6) is 0 Å². The molecule has 0 fully saturated rings. The lowest BCUT2D eigenvalue weighted by molar-refractivity contribution is -0.883. The van der Waals surface area contributed by atoms with Gasteiger partial charge in [-0.15, -0.1) is 0 Å². The molecule has 0 aromatic heterocycles. The van der Waals surface area contributed by atoms with Crippen molar-refractivity contribution >= 4 is 17.8 Å². The Morgan fingerprint density at radius 2 is 0.907 bits per heavy atom. The van der Waals surface area contributed by atoms with Crippen LogP contribution in [0, 0.1) is 0 Å². The molecule has 0 rings (SSSR count). The minimum atomic E-state index is -0.242. The van der Waals surface area contributed by atoms with Gasteiger partial charge in [-0.1, -0.05) is 127 Å². The summed E-state index contributed by atoms with van der Waals surface area (Å²) in [5, 5.41) is 9.40. The predicted molar refractivity (Wildman–Crippen MR) is 226 cm³/mol. The monoisotopic (exact) mass is 760 g/mol. The third-order valence-electron chi connectivity index (χ3n) is 9.53. The summed E-state index contributed by atoms with van der Waals surface area (Å²) in [6.45, 7) is 5.80. The summed E-state index contributed by atoms with van der Waals surface area (Å²) in [4.78, 5) is 39.5. The summed E-state index contributed by atoms with van der Waals surface area (Å²) in [7, 11) is 3.78. The van der Waals surface area contributed by atoms with Crippen LogP contribution < -0.4 is 0 Å². The molecule has 1 N–H and O–H groups in total. The van der Waals surface area contributed by atoms with Crippen LogP contribution in [-0.2, 0) is 23.9 Å². The molecular formula is C46H83N2O6+. The highest BCUT2D eigenvalue weighted by molar-refractivity contribution is 5.77. The molecule has 312 valence electrons. The van der Waals surface area contributed by atoms with Crippen LogP contribution in [0.2, 0.25) is 0 Å². The SMILES string of the molecule is CCCCC/C=C\C/C=C\CCCCCCCC(=O)OCCN(CCOC(=O)CCCCCCC/C=C\C/C=C\CCCCC)C(=O)C[N+](C)(C)CCO. The van der Waals surface area contributed by atoms with Gasteiger partial charge in [-0.3, -0.25) is 14.4 Å². The highest BCUT2D eigenvalue weighted by Gasteiger charge is 2.24. The van der Waals surface area contributed by atoms with Gasteiger partial charge in [0.1, 0.15) is 19.8 Å². The molecule has 0 heterocycles. The highest BCUT2D eigenvalue weighted by Crippen LogP contribution is 2.11. The molecule has 1 amide bonds. The largest absolute Gasteiger partial charge is 0.464 e. The van der Waals surface area contributed by atoms with E-state index < -0.39 is 0 Å². The number of amides is 1. The van der Waals surface area contributed by atoms with E-state index in [1.807, 2.05) is 14.1 Å². The zero-order valence-corrected chi connectivity index (χ0v) is 35.4. The second-order valence-electron chi connectivity index (χ2n) is 15.3. The van der Waals surface area contributed by atoms with Gasteiger partial charge in [0.15, 0.2) is 6.54 Å². The average molecular weight is 760 g/mol. The van der Waals surface area contributed by atoms with Crippen LogP contribution in [0.1, 0.15) is 168 Å². The number of nitrogens with zero attached hydrogens (tertiary/aromatic N) is 2. The Morgan fingerprint density at radius 1 is 0.537 bits per heavy atom. The Kier molecular flexibility index (Phi) is 36.6. The number of ether oxygens (including phenoxy) is 2. The zero-order chi connectivity index (χ0) is 39.8. The minimum Gasteiger partial charge on any atom is -0.464 e. The molecule has 0 aliphatic carbocycles. The Hall–Kier alpha value is -2.71. The quantitative estimate of drug-likeness (QED) is 0.0292. The van der Waals surface area contributed by atoms with Gasteiger partial charge < -0.3 is 24.0 Å². The first-order chi connectivity index (χ1) is 26.3. The summed E-state index contributed by atoms with van der Waals surface area (Å²) >= 11 is 0. The number of unbranched alkanes of at least 4 members (excludes halogenated alkanes) is 16. The molecule has 0 spiro atoms. The van der Waals surface area contributed by atoms with E-state index in [1.54, 1.807) is 4.90 Å². The van der Waals surface area contributed by atoms with Crippen LogP contribution in [0.3, 0.4) is 0 Å². The number of esters is 2. The fourth-order valence-electron chi connectivity index (χ4n) is 6.02. The lowest BCUT2D eigenvalue weighted by Gasteiger charge is -2.31. The smallest absolute Gasteiger partial charge is 0.305 e. The van der Waals surface area contributed by atoms with E-state index in [4.69, 9.17) is 9.47 Å². The summed E-state index contributed by atoms with van der Waals surface area (Å²) in [6, 6.07) is 0. The molecule has 0 aromatic carbocycles. The molecule has 0 saturated carbocycles. The summed E-state index contributed by atoms with van der Waals surface area (Å²) < 4.78 is 11.3. The van der Waals surface area contributed by atoms with Gasteiger partial charge in [0.05, 0.1) is 33.8 Å². The first-order valence-electron chi connectivity index (χ1n) is 21.9. The molecule has 0 atom stereocenters. The number of allylic oxidation sites excluding steroid dienone is 8. The first-order valence-corrected chi connectivity index (χ1v) is 21.9. The van der Waals surface area contributed by atoms with E-state index >= 15 is 0 Å². The van der Waals surface area contributed by atoms with Gasteiger partial charge in [-0.25, -0.2) is 0 Å². The van der Waals surface area contributed by atoms with Gasteiger partial charge >= 0.3 is 11.9 Å². The van der Waals surface area contributed by atoms with E-state index in [9.17, 15) is 19.5 Å². The van der Waals surface area contributed by atoms with Crippen LogP contribution >= 0.6 is 0 Å². The van der Waals surface area contributed by atoms with Crippen LogP contribution in [0.25, 0.3) is 0 Å². The van der Waals surface area contributed by atoms with E-state index in [1.165, 1.54) is 64.2 Å². The van der Waals surface area contributed by atoms with Gasteiger partial charge in [0.2, 0.25) is 0 Å². The van der Waals surface area contributed by atoms with Crippen molar-refractivity contribution in [2.24, 2.45) is 0 Å². The topological polar surface area (TPSA) is 93.1 Å². The second kappa shape index (κ2) is 38.6. The highest BCUT2D eigenvalue weighted by atomic mass is 16.5. The van der Waals surface area contributed by atoms with Crippen molar-refractivity contribution in [3.8, 4) is 0 Å². The Balaban J connectivity index is 4.23. The fraction of sp³-hybridized carbons (Fsp3) is 0.761. The molecule has 8 heteroatoms. The van der Waals surface area contributed by atoms with E-state index in [0.29, 0.717) is 23.9 Å². The standard InChI is InChI=1S/C46H83N2O6/c1-5-7-9-11-13-15-17-19-21-23-25-27-29-31-33-35-45(51)53-41-37-47(44(50)43-48(3,4)39-40-49)38-42-54-46(52)36-34-32-30-28-26-24-22-20-18-16-14-12-10-8-6-2/h13-16,19-22,49H,5-12,17-18,23-43H2,1-4H3/q+1/b15-13-,16-14-,21-19-,22-20-. The Morgan fingerprint density at radius 3 is 1.30 bits per heavy atom. The maximum Gasteiger partial charge on any atom is 0.305 e. The van der Waals surface area contributed by atoms with Crippen LogP contribution in [0.4, 0.5) is 0 Å². The maximum absolute atomic E-state index is 13.2. The van der Waals surface area contributed by atoms with Gasteiger partial charge in [0.25, 0.3) is 5.91 Å². The van der Waals surface area contributed by atoms with Gasteiger partial charge in [-0.2, -0.15) is 0 Å². The Bertz CT molecular complexity index is 955. The molecule has 54 heavy (non-hydrogen) atoms. The number of rotatable bonds is 38. The number of carbonyl (C=O) groups is 3. The third kappa shape index (κ3) is 36.3. The second-order valence-corrected chi connectivity index (χ2v) is 15.3. The molecule has 8 nitrogen and oxygen atoms in total. The fourth-order valence-corrected chi connectivity index (χ4v) is 6.02. The van der Waals surface area contributed by atoms with Crippen molar-refractivity contribution in [3.63, 3.8) is 0 Å². The number of aliphatic hydroxyl groups excluding tert-OH is 1. The molecule has 0 bridgehead atoms. The minimum absolute atomic E-state index is 0.0160. The number of likely N-dealkylation sites (N-methyl/N-ethyl adjacent to an activating group) is 1. The third-order valence-corrected chi connectivity index (χ3v) is 9.53. The number of aliphatic hydroxyl groups is 1. The molecule has 0 radical (unpaired) electrons. The first kappa shape index (κ1) is 51.3. The zero-order valence-electron chi connectivity index (χ0n) is 35.4. The van der Waals surface area contributed by atoms with Crippen LogP contribution in [0.15, 0.2) is 48.6 Å². The normalized spacial score (nSPS) is 12.2. The number of hydrogen-bond donors (Lipinski definition) is 1. The van der Waals surface area contributed by atoms with E-state index in [2.05, 4.69) is 62.5 Å². The van der Waals surface area contributed by atoms with Gasteiger partial charge in [-0.05, 0) is 77.0 Å². The van der Waals surface area contributed by atoms with Crippen molar-refractivity contribution < 1.29 is 33.4 Å². The van der Waals surface area contributed by atoms with Crippen LogP contribution in [-0.4, -0.2) is 92.4 Å². The molecule has 0 saturated heterocycles. The molecule has 0 aromatic rings. The average Bonchev–Trinajstić information content (AvgIpc) is 3.13. The Labute approximate surface area is 332 Å². The lowest BCUT2D eigenvalue weighted by Crippen LogP contribution is -2.51. The van der Waals surface area contributed by atoms with Crippen molar-refractivity contribution in [2.45, 2.75) is 168 Å². The van der Waals surface area contributed by atoms with Crippen molar-refractivity contribution in [2.75, 3.05) is 60.1 Å². The molecule has 0 aliphatic heterocycles. The molecule has 0 unspecified atom stereocenters. The molecule has 0 aliphatic rings. The number of carbonyl (C=O) groups excluding carboxylic acids is 3. The van der Waals surface area contributed by atoms with Crippen molar-refractivity contribution in [3.05, 3.63) is 48.6 Å². The van der Waals surface area contributed by atoms with Crippen molar-refractivity contribution in [1.29, 1.82) is 0 Å². The summed E-state index contributed by atoms with van der Waals surface area (Å²) in [5.74, 6) is -0.607. The number of quaternary nitrogens is 1. The molecular weight excluding hydrogens is 677 g/mol. The summed E-state index contributed by atoms with van der Waals surface area (Å²) in [5.41, 5.74) is 0. The van der Waals surface area contributed by atoms with E-state index in [-0.39, 0.29) is 57.3 Å². The lowest BCUT2D eigenvalue weighted by atomic mass is 10.1. The maximum atomic E-state index is 13.2. The van der Waals surface area contributed by atoms with Gasteiger partial charge in [0, 0.05) is 12.8 Å². The number of hydrogen-bond acceptors (Lipinski definition) is 6. The summed E-state index contributed by atoms with van der Waals surface area (Å²) in [6.07, 6.45) is 43.8.